The van der Waals surface area contributed by atoms with E-state index in [2.05, 4.69) is 20.8 Å². The van der Waals surface area contributed by atoms with Crippen LogP contribution in [0.15, 0.2) is 0 Å². The highest BCUT2D eigenvalue weighted by atomic mass is 16.3. The Hall–Kier alpha value is -0.370. The third-order valence-electron chi connectivity index (χ3n) is 1.93. The molecule has 0 aromatic heterocycles. The largest absolute Gasteiger partial charge is 0.393 e. The molecule has 0 aliphatic heterocycles. The van der Waals surface area contributed by atoms with Crippen molar-refractivity contribution >= 4 is 5.78 Å². The fourth-order valence-corrected chi connectivity index (χ4v) is 1.25. The van der Waals surface area contributed by atoms with Crippen LogP contribution in [-0.2, 0) is 4.79 Å². The van der Waals surface area contributed by atoms with Crippen LogP contribution in [0.1, 0.15) is 47.5 Å². The Morgan fingerprint density at radius 2 is 1.77 bits per heavy atom. The first kappa shape index (κ1) is 12.6. The van der Waals surface area contributed by atoms with Gasteiger partial charge in [0.25, 0.3) is 0 Å². The van der Waals surface area contributed by atoms with E-state index in [4.69, 9.17) is 0 Å². The van der Waals surface area contributed by atoms with Gasteiger partial charge in [-0.05, 0) is 11.8 Å². The van der Waals surface area contributed by atoms with E-state index in [-0.39, 0.29) is 17.1 Å². The van der Waals surface area contributed by atoms with E-state index >= 15 is 0 Å². The highest BCUT2D eigenvalue weighted by Crippen LogP contribution is 2.22. The summed E-state index contributed by atoms with van der Waals surface area (Å²) in [5.74, 6) is 0.186. The van der Waals surface area contributed by atoms with Crippen LogP contribution < -0.4 is 0 Å². The minimum atomic E-state index is -0.477. The molecule has 0 fully saturated rings. The monoisotopic (exact) mass is 186 g/mol. The van der Waals surface area contributed by atoms with Crippen LogP contribution in [-0.4, -0.2) is 17.0 Å². The molecule has 0 aliphatic carbocycles. The second-order valence-electron chi connectivity index (χ2n) is 5.24. The van der Waals surface area contributed by atoms with Crippen LogP contribution in [0.4, 0.5) is 0 Å². The van der Waals surface area contributed by atoms with Crippen molar-refractivity contribution in [2.24, 2.45) is 11.3 Å². The van der Waals surface area contributed by atoms with Crippen molar-refractivity contribution in [3.63, 3.8) is 0 Å². The van der Waals surface area contributed by atoms with Crippen LogP contribution in [0.2, 0.25) is 0 Å². The number of hydrogen-bond donors (Lipinski definition) is 1. The molecule has 1 N–H and O–H groups in total. The minimum Gasteiger partial charge on any atom is -0.393 e. The van der Waals surface area contributed by atoms with Crippen LogP contribution in [0.3, 0.4) is 0 Å². The predicted octanol–water partition coefficient (Wildman–Crippen LogP) is 2.40. The molecule has 13 heavy (non-hydrogen) atoms. The number of aliphatic hydroxyl groups excluding tert-OH is 1. The smallest absolute Gasteiger partial charge is 0.137 e. The van der Waals surface area contributed by atoms with Gasteiger partial charge in [-0.15, -0.1) is 0 Å². The zero-order valence-corrected chi connectivity index (χ0v) is 9.42. The summed E-state index contributed by atoms with van der Waals surface area (Å²) < 4.78 is 0. The van der Waals surface area contributed by atoms with Crippen molar-refractivity contribution in [1.82, 2.24) is 0 Å². The van der Waals surface area contributed by atoms with E-state index < -0.39 is 6.10 Å². The fourth-order valence-electron chi connectivity index (χ4n) is 1.25. The maximum atomic E-state index is 11.3. The molecule has 0 saturated heterocycles. The Morgan fingerprint density at radius 1 is 1.31 bits per heavy atom. The maximum absolute atomic E-state index is 11.3. The predicted molar refractivity (Wildman–Crippen MR) is 54.5 cm³/mol. The van der Waals surface area contributed by atoms with Gasteiger partial charge in [-0.1, -0.05) is 34.6 Å². The zero-order chi connectivity index (χ0) is 10.6. The number of hydrogen-bond acceptors (Lipinski definition) is 2. The van der Waals surface area contributed by atoms with Gasteiger partial charge in [-0.25, -0.2) is 0 Å². The Kier molecular flexibility index (Phi) is 4.62. The number of aliphatic hydroxyl groups is 1. The first-order valence-electron chi connectivity index (χ1n) is 4.93. The van der Waals surface area contributed by atoms with Gasteiger partial charge in [0.15, 0.2) is 0 Å². The summed E-state index contributed by atoms with van der Waals surface area (Å²) in [4.78, 5) is 11.3. The molecule has 0 aliphatic rings. The quantitative estimate of drug-likeness (QED) is 0.732. The average molecular weight is 186 g/mol. The zero-order valence-electron chi connectivity index (χ0n) is 9.42. The van der Waals surface area contributed by atoms with E-state index in [1.807, 2.05) is 13.8 Å². The normalized spacial score (nSPS) is 14.7. The topological polar surface area (TPSA) is 37.3 Å². The molecule has 2 heteroatoms. The van der Waals surface area contributed by atoms with E-state index in [1.165, 1.54) is 0 Å². The first-order valence-corrected chi connectivity index (χ1v) is 4.93. The molecule has 0 bridgehead atoms. The number of Topliss-reactive ketones (excluding diaryl/α,β-unsaturated/α-hetero) is 1. The molecular formula is C11H22O2. The lowest BCUT2D eigenvalue weighted by Gasteiger charge is -2.22. The molecule has 78 valence electrons. The molecule has 0 rings (SSSR count). The van der Waals surface area contributed by atoms with Gasteiger partial charge in [0.05, 0.1) is 6.10 Å². The van der Waals surface area contributed by atoms with Crippen molar-refractivity contribution in [1.29, 1.82) is 0 Å². The van der Waals surface area contributed by atoms with Gasteiger partial charge in [0.1, 0.15) is 5.78 Å². The second kappa shape index (κ2) is 4.75. The lowest BCUT2D eigenvalue weighted by molar-refractivity contribution is -0.124. The van der Waals surface area contributed by atoms with E-state index in [0.717, 1.165) is 0 Å². The molecule has 0 aromatic carbocycles. The third-order valence-corrected chi connectivity index (χ3v) is 1.93. The summed E-state index contributed by atoms with van der Waals surface area (Å²) in [6.07, 6.45) is 0.510. The summed E-state index contributed by atoms with van der Waals surface area (Å²) in [5.41, 5.74) is 0.0939. The van der Waals surface area contributed by atoms with Crippen molar-refractivity contribution in [2.75, 3.05) is 0 Å². The van der Waals surface area contributed by atoms with Gasteiger partial charge in [0, 0.05) is 12.3 Å². The Bertz CT molecular complexity index is 165. The average Bonchev–Trinajstić information content (AvgIpc) is 1.81. The molecule has 0 spiro atoms. The van der Waals surface area contributed by atoms with Gasteiger partial charge in [-0.2, -0.15) is 0 Å². The highest BCUT2D eigenvalue weighted by molar-refractivity contribution is 5.80. The SMILES string of the molecule is CC(C)C(=O)CC(O)CC(C)(C)C. The fraction of sp³-hybridized carbons (Fsp3) is 0.909. The molecule has 0 heterocycles. The standard InChI is InChI=1S/C11H22O2/c1-8(2)10(13)6-9(12)7-11(3,4)5/h8-9,12H,6-7H2,1-5H3. The lowest BCUT2D eigenvalue weighted by Crippen LogP contribution is -2.22. The van der Waals surface area contributed by atoms with Crippen molar-refractivity contribution < 1.29 is 9.90 Å². The molecule has 1 atom stereocenters. The van der Waals surface area contributed by atoms with Gasteiger partial charge < -0.3 is 5.11 Å². The van der Waals surface area contributed by atoms with Crippen LogP contribution >= 0.6 is 0 Å². The summed E-state index contributed by atoms with van der Waals surface area (Å²) in [5, 5.41) is 9.58. The molecule has 0 saturated carbocycles. The maximum Gasteiger partial charge on any atom is 0.137 e. The molecule has 0 aromatic rings. The Balaban J connectivity index is 3.88. The van der Waals surface area contributed by atoms with E-state index in [1.54, 1.807) is 0 Å². The van der Waals surface area contributed by atoms with Crippen LogP contribution in [0, 0.1) is 11.3 Å². The number of ketones is 1. The summed E-state index contributed by atoms with van der Waals surface area (Å²) >= 11 is 0. The van der Waals surface area contributed by atoms with Crippen LogP contribution in [0.25, 0.3) is 0 Å². The molecule has 0 amide bonds. The summed E-state index contributed by atoms with van der Waals surface area (Å²) in [7, 11) is 0. The van der Waals surface area contributed by atoms with Gasteiger partial charge in [-0.3, -0.25) is 4.79 Å². The first-order chi connectivity index (χ1) is 5.72. The number of carbonyl (C=O) groups excluding carboxylic acids is 1. The van der Waals surface area contributed by atoms with E-state index in [9.17, 15) is 9.90 Å². The van der Waals surface area contributed by atoms with Crippen molar-refractivity contribution in [3.8, 4) is 0 Å². The molecule has 2 nitrogen and oxygen atoms in total. The highest BCUT2D eigenvalue weighted by Gasteiger charge is 2.20. The number of rotatable bonds is 4. The summed E-state index contributed by atoms with van der Waals surface area (Å²) in [6, 6.07) is 0. The Morgan fingerprint density at radius 3 is 2.08 bits per heavy atom. The minimum absolute atomic E-state index is 0.0367. The molecule has 1 unspecified atom stereocenters. The molecular weight excluding hydrogens is 164 g/mol. The molecule has 0 radical (unpaired) electrons. The van der Waals surface area contributed by atoms with Crippen molar-refractivity contribution in [3.05, 3.63) is 0 Å². The van der Waals surface area contributed by atoms with Gasteiger partial charge in [0.2, 0.25) is 0 Å². The number of carbonyl (C=O) groups is 1. The second-order valence-corrected chi connectivity index (χ2v) is 5.24. The summed E-state index contributed by atoms with van der Waals surface area (Å²) in [6.45, 7) is 9.93. The van der Waals surface area contributed by atoms with E-state index in [0.29, 0.717) is 12.8 Å². The lowest BCUT2D eigenvalue weighted by atomic mass is 9.87. The van der Waals surface area contributed by atoms with Crippen LogP contribution in [0.5, 0.6) is 0 Å². The third kappa shape index (κ3) is 6.76. The Labute approximate surface area is 81.3 Å². The van der Waals surface area contributed by atoms with Gasteiger partial charge >= 0.3 is 0 Å². The van der Waals surface area contributed by atoms with Crippen molar-refractivity contribution in [2.45, 2.75) is 53.6 Å².